The molecule has 2 aromatic carbocycles. The topological polar surface area (TPSA) is 90.5 Å². The first-order valence-electron chi connectivity index (χ1n) is 11.7. The summed E-state index contributed by atoms with van der Waals surface area (Å²) in [4.78, 5) is 40.0. The summed E-state index contributed by atoms with van der Waals surface area (Å²) in [7, 11) is 0. The second kappa shape index (κ2) is 12.5. The van der Waals surface area contributed by atoms with Crippen molar-refractivity contribution in [2.24, 2.45) is 5.92 Å². The molecular weight excluding hydrogens is 452 g/mol. The molecule has 2 aromatic rings. The third-order valence-corrected chi connectivity index (χ3v) is 6.05. The largest absolute Gasteiger partial charge is 0.351 e. The predicted octanol–water partition coefficient (Wildman–Crippen LogP) is 3.70. The van der Waals surface area contributed by atoms with Crippen molar-refractivity contribution in [3.8, 4) is 0 Å². The summed E-state index contributed by atoms with van der Waals surface area (Å²) in [5.41, 5.74) is 1.25. The van der Waals surface area contributed by atoms with Gasteiger partial charge in [-0.05, 0) is 61.6 Å². The van der Waals surface area contributed by atoms with Gasteiger partial charge in [0.1, 0.15) is 6.04 Å². The Bertz CT molecular complexity index is 958. The van der Waals surface area contributed by atoms with E-state index in [1.54, 1.807) is 24.3 Å². The van der Waals surface area contributed by atoms with E-state index in [-0.39, 0.29) is 29.7 Å². The first-order chi connectivity index (χ1) is 16.3. The fraction of sp³-hybridized carbons (Fsp3) is 0.423. The van der Waals surface area contributed by atoms with Crippen molar-refractivity contribution in [3.05, 3.63) is 65.2 Å². The number of carbonyl (C=O) groups is 3. The molecule has 1 saturated heterocycles. The number of hydrogen-bond donors (Lipinski definition) is 3. The number of rotatable bonds is 9. The van der Waals surface area contributed by atoms with Gasteiger partial charge in [0, 0.05) is 35.4 Å². The lowest BCUT2D eigenvalue weighted by Gasteiger charge is -2.33. The number of para-hydroxylation sites is 1. The lowest BCUT2D eigenvalue weighted by atomic mass is 10.0. The molecule has 0 spiro atoms. The summed E-state index contributed by atoms with van der Waals surface area (Å²) >= 11 is 5.90. The summed E-state index contributed by atoms with van der Waals surface area (Å²) in [6.07, 6.45) is 2.05. The van der Waals surface area contributed by atoms with Gasteiger partial charge in [-0.3, -0.25) is 19.3 Å². The van der Waals surface area contributed by atoms with Crippen LogP contribution in [0.2, 0.25) is 5.02 Å². The molecule has 0 bridgehead atoms. The Balaban J connectivity index is 1.47. The van der Waals surface area contributed by atoms with Gasteiger partial charge in [0.05, 0.1) is 6.54 Å². The van der Waals surface area contributed by atoms with Gasteiger partial charge in [-0.2, -0.15) is 0 Å². The highest BCUT2D eigenvalue weighted by Crippen LogP contribution is 2.14. The molecule has 1 aliphatic heterocycles. The van der Waals surface area contributed by atoms with Crippen LogP contribution in [-0.2, 0) is 9.59 Å². The summed E-state index contributed by atoms with van der Waals surface area (Å²) in [6, 6.07) is 15.4. The van der Waals surface area contributed by atoms with E-state index in [0.29, 0.717) is 23.6 Å². The second-order valence-corrected chi connectivity index (χ2v) is 9.57. The Morgan fingerprint density at radius 2 is 1.65 bits per heavy atom. The Morgan fingerprint density at radius 3 is 2.26 bits per heavy atom. The van der Waals surface area contributed by atoms with Crippen molar-refractivity contribution >= 4 is 35.0 Å². The number of hydrogen-bond acceptors (Lipinski definition) is 4. The quantitative estimate of drug-likeness (QED) is 0.506. The molecule has 1 atom stereocenters. The SMILES string of the molecule is CC(C)CC(NC(=O)c1ccc(Cl)cc1)C(=O)NC1CCN(CC(=O)Nc2ccccc2)CC1. The zero-order valence-corrected chi connectivity index (χ0v) is 20.5. The minimum atomic E-state index is -0.613. The first-order valence-corrected chi connectivity index (χ1v) is 12.1. The fourth-order valence-electron chi connectivity index (χ4n) is 4.01. The maximum absolute atomic E-state index is 13.0. The van der Waals surface area contributed by atoms with Crippen LogP contribution in [-0.4, -0.2) is 54.3 Å². The van der Waals surface area contributed by atoms with Crippen molar-refractivity contribution in [2.45, 2.75) is 45.2 Å². The lowest BCUT2D eigenvalue weighted by molar-refractivity contribution is -0.124. The molecule has 0 aromatic heterocycles. The monoisotopic (exact) mass is 484 g/mol. The number of likely N-dealkylation sites (tertiary alicyclic amines) is 1. The lowest BCUT2D eigenvalue weighted by Crippen LogP contribution is -2.53. The number of halogens is 1. The molecule has 34 heavy (non-hydrogen) atoms. The molecule has 3 rings (SSSR count). The van der Waals surface area contributed by atoms with Gasteiger partial charge in [-0.25, -0.2) is 0 Å². The minimum Gasteiger partial charge on any atom is -0.351 e. The average molecular weight is 485 g/mol. The van der Waals surface area contributed by atoms with Crippen LogP contribution in [0.5, 0.6) is 0 Å². The standard InChI is InChI=1S/C26H33ClN4O3/c1-18(2)16-23(30-25(33)19-8-10-20(27)11-9-19)26(34)29-22-12-14-31(15-13-22)17-24(32)28-21-6-4-3-5-7-21/h3-11,18,22-23H,12-17H2,1-2H3,(H,28,32)(H,29,34)(H,30,33). The van der Waals surface area contributed by atoms with E-state index in [1.807, 2.05) is 44.2 Å². The normalized spacial score (nSPS) is 15.5. The molecule has 1 heterocycles. The summed E-state index contributed by atoms with van der Waals surface area (Å²) in [5.74, 6) is -0.269. The molecule has 1 fully saturated rings. The van der Waals surface area contributed by atoms with Crippen LogP contribution in [0.15, 0.2) is 54.6 Å². The predicted molar refractivity (Wildman–Crippen MR) is 135 cm³/mol. The van der Waals surface area contributed by atoms with Gasteiger partial charge in [0.15, 0.2) is 0 Å². The number of nitrogens with zero attached hydrogens (tertiary/aromatic N) is 1. The second-order valence-electron chi connectivity index (χ2n) is 9.14. The molecule has 0 aliphatic carbocycles. The third-order valence-electron chi connectivity index (χ3n) is 5.79. The van der Waals surface area contributed by atoms with Crippen molar-refractivity contribution in [1.82, 2.24) is 15.5 Å². The van der Waals surface area contributed by atoms with Gasteiger partial charge in [-0.1, -0.05) is 43.6 Å². The maximum Gasteiger partial charge on any atom is 0.251 e. The highest BCUT2D eigenvalue weighted by molar-refractivity contribution is 6.30. The first kappa shape index (κ1) is 25.7. The van der Waals surface area contributed by atoms with Gasteiger partial charge in [0.2, 0.25) is 11.8 Å². The van der Waals surface area contributed by atoms with Crippen LogP contribution in [0.1, 0.15) is 43.5 Å². The van der Waals surface area contributed by atoms with E-state index >= 15 is 0 Å². The Hall–Kier alpha value is -2.90. The molecule has 8 heteroatoms. The summed E-state index contributed by atoms with van der Waals surface area (Å²) in [5, 5.41) is 9.43. The molecule has 182 valence electrons. The van der Waals surface area contributed by atoms with E-state index < -0.39 is 6.04 Å². The van der Waals surface area contributed by atoms with Gasteiger partial charge in [-0.15, -0.1) is 0 Å². The van der Waals surface area contributed by atoms with E-state index in [2.05, 4.69) is 20.9 Å². The van der Waals surface area contributed by atoms with Crippen LogP contribution < -0.4 is 16.0 Å². The Kier molecular flexibility index (Phi) is 9.48. The van der Waals surface area contributed by atoms with Gasteiger partial charge < -0.3 is 16.0 Å². The van der Waals surface area contributed by atoms with Crippen molar-refractivity contribution in [3.63, 3.8) is 0 Å². The molecule has 0 radical (unpaired) electrons. The van der Waals surface area contributed by atoms with E-state index in [1.165, 1.54) is 0 Å². The Labute approximate surface area is 206 Å². The number of nitrogens with one attached hydrogen (secondary N) is 3. The van der Waals surface area contributed by atoms with Crippen LogP contribution in [0.4, 0.5) is 5.69 Å². The fourth-order valence-corrected chi connectivity index (χ4v) is 4.13. The number of piperidine rings is 1. The maximum atomic E-state index is 13.0. The van der Waals surface area contributed by atoms with E-state index in [0.717, 1.165) is 31.6 Å². The molecule has 1 unspecified atom stereocenters. The van der Waals surface area contributed by atoms with Crippen LogP contribution >= 0.6 is 11.6 Å². The van der Waals surface area contributed by atoms with Gasteiger partial charge in [0.25, 0.3) is 5.91 Å². The molecule has 3 N–H and O–H groups in total. The smallest absolute Gasteiger partial charge is 0.251 e. The summed E-state index contributed by atoms with van der Waals surface area (Å²) < 4.78 is 0. The number of amides is 3. The van der Waals surface area contributed by atoms with Crippen molar-refractivity contribution < 1.29 is 14.4 Å². The molecule has 1 aliphatic rings. The zero-order chi connectivity index (χ0) is 24.5. The van der Waals surface area contributed by atoms with Crippen LogP contribution in [0.3, 0.4) is 0 Å². The molecule has 7 nitrogen and oxygen atoms in total. The highest BCUT2D eigenvalue weighted by atomic mass is 35.5. The third kappa shape index (κ3) is 8.15. The number of carbonyl (C=O) groups excluding carboxylic acids is 3. The zero-order valence-electron chi connectivity index (χ0n) is 19.7. The van der Waals surface area contributed by atoms with Crippen LogP contribution in [0, 0.1) is 5.92 Å². The average Bonchev–Trinajstić information content (AvgIpc) is 2.80. The van der Waals surface area contributed by atoms with Crippen molar-refractivity contribution in [2.75, 3.05) is 25.0 Å². The molecule has 0 saturated carbocycles. The van der Waals surface area contributed by atoms with E-state index in [9.17, 15) is 14.4 Å². The molecular formula is C26H33ClN4O3. The summed E-state index contributed by atoms with van der Waals surface area (Å²) in [6.45, 7) is 5.81. The number of anilines is 1. The minimum absolute atomic E-state index is 0.0167. The van der Waals surface area contributed by atoms with Gasteiger partial charge >= 0.3 is 0 Å². The highest BCUT2D eigenvalue weighted by Gasteiger charge is 2.27. The van der Waals surface area contributed by atoms with Crippen LogP contribution in [0.25, 0.3) is 0 Å². The van der Waals surface area contributed by atoms with Crippen molar-refractivity contribution in [1.29, 1.82) is 0 Å². The number of benzene rings is 2. The van der Waals surface area contributed by atoms with E-state index in [4.69, 9.17) is 11.6 Å². The molecule has 3 amide bonds. The Morgan fingerprint density at radius 1 is 1.00 bits per heavy atom.